The van der Waals surface area contributed by atoms with Gasteiger partial charge in [-0.05, 0) is 0 Å². The second-order valence-corrected chi connectivity index (χ2v) is 1.95. The first-order chi connectivity index (χ1) is 5.75. The quantitative estimate of drug-likeness (QED) is 0.588. The minimum atomic E-state index is -0.268. The van der Waals surface area contributed by atoms with Crippen LogP contribution in [0.4, 0.5) is 0 Å². The molecule has 0 bridgehead atoms. The molecule has 0 aromatic rings. The molecule has 0 unspecified atom stereocenters. The minimum absolute atomic E-state index is 0.268. The van der Waals surface area contributed by atoms with Crippen LogP contribution >= 0.6 is 0 Å². The van der Waals surface area contributed by atoms with Gasteiger partial charge in [-0.1, -0.05) is 13.8 Å². The topological polar surface area (TPSA) is 63.4 Å². The van der Waals surface area contributed by atoms with E-state index in [1.54, 1.807) is 0 Å². The number of nitrogens with two attached hydrogens (primary N) is 1. The third-order valence-corrected chi connectivity index (χ3v) is 1.25. The predicted octanol–water partition coefficient (Wildman–Crippen LogP) is -0.104. The van der Waals surface area contributed by atoms with Gasteiger partial charge in [0.25, 0.3) is 11.8 Å². The van der Waals surface area contributed by atoms with E-state index < -0.39 is 0 Å². The van der Waals surface area contributed by atoms with Crippen LogP contribution < -0.4 is 5.73 Å². The number of nitrogens with zero attached hydrogens (tertiary/aromatic N) is 1. The lowest BCUT2D eigenvalue weighted by Gasteiger charge is -2.10. The monoisotopic (exact) mass is 170 g/mol. The molecule has 0 fully saturated rings. The standard InChI is InChI=1S/C6H8N2O2.C2H6/c7-3-4-8-5(9)1-2-6(8)10;1-2/h1-2H,3-4,7H2;1-2H3. The van der Waals surface area contributed by atoms with Crippen LogP contribution in [0, 0.1) is 0 Å². The van der Waals surface area contributed by atoms with Crippen LogP contribution in [0.25, 0.3) is 0 Å². The van der Waals surface area contributed by atoms with Crippen molar-refractivity contribution in [2.45, 2.75) is 13.8 Å². The summed E-state index contributed by atoms with van der Waals surface area (Å²) in [4.78, 5) is 22.6. The van der Waals surface area contributed by atoms with E-state index in [0.717, 1.165) is 4.90 Å². The molecule has 0 spiro atoms. The SMILES string of the molecule is CC.NCCN1C(=O)C=CC1=O. The van der Waals surface area contributed by atoms with E-state index in [1.165, 1.54) is 12.2 Å². The number of imide groups is 1. The zero-order valence-electron chi connectivity index (χ0n) is 7.41. The summed E-state index contributed by atoms with van der Waals surface area (Å²) in [6, 6.07) is 0. The first-order valence-corrected chi connectivity index (χ1v) is 3.99. The molecule has 12 heavy (non-hydrogen) atoms. The molecule has 0 atom stereocenters. The van der Waals surface area contributed by atoms with Crippen molar-refractivity contribution in [1.29, 1.82) is 0 Å². The molecule has 1 rings (SSSR count). The van der Waals surface area contributed by atoms with Gasteiger partial charge in [-0.25, -0.2) is 0 Å². The smallest absolute Gasteiger partial charge is 0.253 e. The number of hydrogen-bond acceptors (Lipinski definition) is 3. The van der Waals surface area contributed by atoms with Gasteiger partial charge in [-0.2, -0.15) is 0 Å². The highest BCUT2D eigenvalue weighted by Gasteiger charge is 2.21. The largest absolute Gasteiger partial charge is 0.329 e. The van der Waals surface area contributed by atoms with Gasteiger partial charge in [0, 0.05) is 25.2 Å². The molecule has 0 aliphatic carbocycles. The van der Waals surface area contributed by atoms with Crippen LogP contribution in [0.1, 0.15) is 13.8 Å². The van der Waals surface area contributed by atoms with Crippen molar-refractivity contribution >= 4 is 11.8 Å². The van der Waals surface area contributed by atoms with Crippen LogP contribution in [0.2, 0.25) is 0 Å². The number of rotatable bonds is 2. The van der Waals surface area contributed by atoms with Crippen LogP contribution in [-0.2, 0) is 9.59 Å². The van der Waals surface area contributed by atoms with Crippen molar-refractivity contribution in [2.24, 2.45) is 5.73 Å². The fourth-order valence-corrected chi connectivity index (χ4v) is 0.781. The van der Waals surface area contributed by atoms with Crippen molar-refractivity contribution in [3.05, 3.63) is 12.2 Å². The maximum absolute atomic E-state index is 10.7. The van der Waals surface area contributed by atoms with Crippen LogP contribution in [0.5, 0.6) is 0 Å². The number of carbonyl (C=O) groups excluding carboxylic acids is 2. The van der Waals surface area contributed by atoms with E-state index in [9.17, 15) is 9.59 Å². The molecule has 1 heterocycles. The molecule has 0 saturated heterocycles. The number of hydrogen-bond donors (Lipinski definition) is 1. The molecule has 68 valence electrons. The second kappa shape index (κ2) is 5.49. The fraction of sp³-hybridized carbons (Fsp3) is 0.500. The van der Waals surface area contributed by atoms with Crippen molar-refractivity contribution in [3.8, 4) is 0 Å². The van der Waals surface area contributed by atoms with Gasteiger partial charge in [0.1, 0.15) is 0 Å². The zero-order valence-corrected chi connectivity index (χ0v) is 7.41. The first-order valence-electron chi connectivity index (χ1n) is 3.99. The molecule has 1 aliphatic rings. The van der Waals surface area contributed by atoms with Crippen molar-refractivity contribution < 1.29 is 9.59 Å². The lowest BCUT2D eigenvalue weighted by Crippen LogP contribution is -2.34. The molecule has 2 N–H and O–H groups in total. The summed E-state index contributed by atoms with van der Waals surface area (Å²) in [6.45, 7) is 4.63. The van der Waals surface area contributed by atoms with E-state index in [0.29, 0.717) is 13.1 Å². The number of amides is 2. The molecule has 2 amide bonds. The van der Waals surface area contributed by atoms with Crippen molar-refractivity contribution in [3.63, 3.8) is 0 Å². The Morgan fingerprint density at radius 1 is 1.25 bits per heavy atom. The maximum Gasteiger partial charge on any atom is 0.253 e. The summed E-state index contributed by atoms with van der Waals surface area (Å²) in [6.07, 6.45) is 2.50. The molecule has 4 heteroatoms. The summed E-state index contributed by atoms with van der Waals surface area (Å²) >= 11 is 0. The summed E-state index contributed by atoms with van der Waals surface area (Å²) in [7, 11) is 0. The highest BCUT2D eigenvalue weighted by Crippen LogP contribution is 2.00. The van der Waals surface area contributed by atoms with E-state index >= 15 is 0 Å². The molecule has 1 aliphatic heterocycles. The van der Waals surface area contributed by atoms with Crippen LogP contribution in [0.3, 0.4) is 0 Å². The lowest BCUT2D eigenvalue weighted by atomic mass is 10.5. The van der Waals surface area contributed by atoms with Crippen molar-refractivity contribution in [1.82, 2.24) is 4.90 Å². The summed E-state index contributed by atoms with van der Waals surface area (Å²) in [5, 5.41) is 0. The van der Waals surface area contributed by atoms with Gasteiger partial charge in [0.15, 0.2) is 0 Å². The van der Waals surface area contributed by atoms with Crippen LogP contribution in [-0.4, -0.2) is 29.8 Å². The molecule has 0 aromatic heterocycles. The Morgan fingerprint density at radius 3 is 2.00 bits per heavy atom. The van der Waals surface area contributed by atoms with Gasteiger partial charge >= 0.3 is 0 Å². The second-order valence-electron chi connectivity index (χ2n) is 1.95. The van der Waals surface area contributed by atoms with E-state index in [-0.39, 0.29) is 11.8 Å². The number of carbonyl (C=O) groups is 2. The van der Waals surface area contributed by atoms with Crippen molar-refractivity contribution in [2.75, 3.05) is 13.1 Å². The van der Waals surface area contributed by atoms with Gasteiger partial charge in [0.05, 0.1) is 0 Å². The Morgan fingerprint density at radius 2 is 1.67 bits per heavy atom. The minimum Gasteiger partial charge on any atom is -0.329 e. The Bertz CT molecular complexity index is 181. The van der Waals surface area contributed by atoms with Crippen LogP contribution in [0.15, 0.2) is 12.2 Å². The third-order valence-electron chi connectivity index (χ3n) is 1.25. The van der Waals surface area contributed by atoms with Gasteiger partial charge in [-0.15, -0.1) is 0 Å². The molecule has 0 saturated carbocycles. The summed E-state index contributed by atoms with van der Waals surface area (Å²) in [5.41, 5.74) is 5.16. The average Bonchev–Trinajstić information content (AvgIpc) is 2.40. The summed E-state index contributed by atoms with van der Waals surface area (Å²) < 4.78 is 0. The van der Waals surface area contributed by atoms with E-state index in [1.807, 2.05) is 13.8 Å². The maximum atomic E-state index is 10.7. The highest BCUT2D eigenvalue weighted by molar-refractivity contribution is 6.12. The molecule has 4 nitrogen and oxygen atoms in total. The Kier molecular flexibility index (Phi) is 4.96. The van der Waals surface area contributed by atoms with E-state index in [2.05, 4.69) is 0 Å². The Labute approximate surface area is 72.0 Å². The van der Waals surface area contributed by atoms with E-state index in [4.69, 9.17) is 5.73 Å². The molecular weight excluding hydrogens is 156 g/mol. The Hall–Kier alpha value is -1.16. The third kappa shape index (κ3) is 2.47. The zero-order chi connectivity index (χ0) is 9.56. The average molecular weight is 170 g/mol. The Balaban J connectivity index is 0.000000561. The molecule has 0 aromatic carbocycles. The first kappa shape index (κ1) is 10.8. The van der Waals surface area contributed by atoms with Gasteiger partial charge < -0.3 is 5.73 Å². The van der Waals surface area contributed by atoms with Gasteiger partial charge in [0.2, 0.25) is 0 Å². The summed E-state index contributed by atoms with van der Waals surface area (Å²) in [5.74, 6) is -0.536. The van der Waals surface area contributed by atoms with Gasteiger partial charge in [-0.3, -0.25) is 14.5 Å². The normalized spacial score (nSPS) is 14.8. The fourth-order valence-electron chi connectivity index (χ4n) is 0.781. The highest BCUT2D eigenvalue weighted by atomic mass is 16.2. The lowest BCUT2D eigenvalue weighted by molar-refractivity contribution is -0.136. The molecular formula is C8H14N2O2. The predicted molar refractivity (Wildman–Crippen MR) is 46.3 cm³/mol. The molecule has 0 radical (unpaired) electrons.